The Kier molecular flexibility index (Phi) is 4.73. The molecule has 0 aliphatic rings. The summed E-state index contributed by atoms with van der Waals surface area (Å²) >= 11 is 0. The first-order valence-electron chi connectivity index (χ1n) is 5.21. The van der Waals surface area contributed by atoms with E-state index in [0.29, 0.717) is 18.4 Å². The quantitative estimate of drug-likeness (QED) is 0.721. The Morgan fingerprint density at radius 3 is 2.44 bits per heavy atom. The molecule has 0 heterocycles. The maximum absolute atomic E-state index is 10.4. The molecule has 3 heteroatoms. The van der Waals surface area contributed by atoms with Crippen LogP contribution < -0.4 is 0 Å². The highest BCUT2D eigenvalue weighted by Gasteiger charge is 2.10. The number of rotatable bonds is 6. The molecule has 0 bridgehead atoms. The Morgan fingerprint density at radius 2 is 1.88 bits per heavy atom. The maximum Gasteiger partial charge on any atom is 0.303 e. The van der Waals surface area contributed by atoms with Gasteiger partial charge in [-0.3, -0.25) is 4.79 Å². The zero-order valence-electron chi connectivity index (χ0n) is 9.10. The van der Waals surface area contributed by atoms with E-state index in [9.17, 15) is 9.90 Å². The molecule has 1 aromatic rings. The summed E-state index contributed by atoms with van der Waals surface area (Å²) in [5.41, 5.74) is 1.60. The van der Waals surface area contributed by atoms with Gasteiger partial charge in [0.2, 0.25) is 0 Å². The molecule has 1 aromatic carbocycles. The van der Waals surface area contributed by atoms with E-state index in [2.05, 4.69) is 6.58 Å². The van der Waals surface area contributed by atoms with Gasteiger partial charge in [-0.2, -0.15) is 0 Å². The number of carboxylic acid groups (broad SMARTS) is 1. The molecule has 0 aliphatic heterocycles. The molecule has 2 N–H and O–H groups in total. The van der Waals surface area contributed by atoms with E-state index in [1.165, 1.54) is 0 Å². The van der Waals surface area contributed by atoms with Crippen molar-refractivity contribution < 1.29 is 15.0 Å². The first-order chi connectivity index (χ1) is 7.59. The fourth-order valence-corrected chi connectivity index (χ4v) is 1.42. The van der Waals surface area contributed by atoms with Crippen LogP contribution in [-0.4, -0.2) is 22.3 Å². The second-order valence-electron chi connectivity index (χ2n) is 3.76. The fourth-order valence-electron chi connectivity index (χ4n) is 1.42. The Hall–Kier alpha value is -1.61. The monoisotopic (exact) mass is 220 g/mol. The van der Waals surface area contributed by atoms with Crippen LogP contribution in [0, 0.1) is 0 Å². The SMILES string of the molecule is C=C(CCC(=O)O)C(O)Cc1ccccc1. The van der Waals surface area contributed by atoms with Gasteiger partial charge in [-0.25, -0.2) is 0 Å². The van der Waals surface area contributed by atoms with E-state index in [1.807, 2.05) is 30.3 Å². The summed E-state index contributed by atoms with van der Waals surface area (Å²) in [7, 11) is 0. The van der Waals surface area contributed by atoms with Gasteiger partial charge in [0.1, 0.15) is 0 Å². The summed E-state index contributed by atoms with van der Waals surface area (Å²) < 4.78 is 0. The molecule has 0 radical (unpaired) electrons. The number of hydrogen-bond acceptors (Lipinski definition) is 2. The molecule has 0 amide bonds. The van der Waals surface area contributed by atoms with Crippen molar-refractivity contribution >= 4 is 5.97 Å². The fraction of sp³-hybridized carbons (Fsp3) is 0.308. The minimum Gasteiger partial charge on any atom is -0.481 e. The van der Waals surface area contributed by atoms with Crippen LogP contribution >= 0.6 is 0 Å². The van der Waals surface area contributed by atoms with E-state index in [-0.39, 0.29) is 6.42 Å². The lowest BCUT2D eigenvalue weighted by molar-refractivity contribution is -0.137. The number of carbonyl (C=O) groups is 1. The van der Waals surface area contributed by atoms with Crippen molar-refractivity contribution in [1.29, 1.82) is 0 Å². The summed E-state index contributed by atoms with van der Waals surface area (Å²) in [6.07, 6.45) is 0.162. The van der Waals surface area contributed by atoms with E-state index in [1.54, 1.807) is 0 Å². The Balaban J connectivity index is 2.43. The topological polar surface area (TPSA) is 57.5 Å². The summed E-state index contributed by atoms with van der Waals surface area (Å²) in [4.78, 5) is 10.4. The molecule has 1 rings (SSSR count). The molecule has 0 aromatic heterocycles. The van der Waals surface area contributed by atoms with Crippen molar-refractivity contribution in [3.8, 4) is 0 Å². The number of hydrogen-bond donors (Lipinski definition) is 2. The molecule has 1 unspecified atom stereocenters. The normalized spacial score (nSPS) is 12.1. The van der Waals surface area contributed by atoms with Gasteiger partial charge in [0, 0.05) is 12.8 Å². The molecule has 0 saturated carbocycles. The van der Waals surface area contributed by atoms with Crippen LogP contribution in [0.5, 0.6) is 0 Å². The molecular formula is C13H16O3. The number of aliphatic hydroxyl groups is 1. The lowest BCUT2D eigenvalue weighted by Crippen LogP contribution is -2.14. The Labute approximate surface area is 95.0 Å². The lowest BCUT2D eigenvalue weighted by atomic mass is 9.99. The van der Waals surface area contributed by atoms with Crippen molar-refractivity contribution in [2.45, 2.75) is 25.4 Å². The first kappa shape index (κ1) is 12.5. The molecule has 86 valence electrons. The van der Waals surface area contributed by atoms with Crippen LogP contribution in [0.25, 0.3) is 0 Å². The van der Waals surface area contributed by atoms with Gasteiger partial charge < -0.3 is 10.2 Å². The lowest BCUT2D eigenvalue weighted by Gasteiger charge is -2.12. The molecule has 1 atom stereocenters. The van der Waals surface area contributed by atoms with E-state index in [4.69, 9.17) is 5.11 Å². The van der Waals surface area contributed by atoms with Crippen LogP contribution in [-0.2, 0) is 11.2 Å². The number of carboxylic acids is 1. The van der Waals surface area contributed by atoms with E-state index < -0.39 is 12.1 Å². The molecule has 0 aliphatic carbocycles. The maximum atomic E-state index is 10.4. The van der Waals surface area contributed by atoms with Crippen LogP contribution in [0.15, 0.2) is 42.5 Å². The second kappa shape index (κ2) is 6.08. The smallest absolute Gasteiger partial charge is 0.303 e. The van der Waals surface area contributed by atoms with Crippen molar-refractivity contribution in [1.82, 2.24) is 0 Å². The highest BCUT2D eigenvalue weighted by molar-refractivity contribution is 5.67. The predicted molar refractivity (Wildman–Crippen MR) is 62.2 cm³/mol. The van der Waals surface area contributed by atoms with Gasteiger partial charge in [-0.05, 0) is 17.6 Å². The zero-order chi connectivity index (χ0) is 12.0. The Morgan fingerprint density at radius 1 is 1.25 bits per heavy atom. The van der Waals surface area contributed by atoms with Gasteiger partial charge >= 0.3 is 5.97 Å². The van der Waals surface area contributed by atoms with Crippen LogP contribution in [0.3, 0.4) is 0 Å². The van der Waals surface area contributed by atoms with Gasteiger partial charge in [0.15, 0.2) is 0 Å². The molecule has 3 nitrogen and oxygen atoms in total. The average molecular weight is 220 g/mol. The molecular weight excluding hydrogens is 204 g/mol. The van der Waals surface area contributed by atoms with Gasteiger partial charge in [0.25, 0.3) is 0 Å². The number of aliphatic carboxylic acids is 1. The average Bonchev–Trinajstić information content (AvgIpc) is 2.27. The highest BCUT2D eigenvalue weighted by Crippen LogP contribution is 2.13. The third-order valence-corrected chi connectivity index (χ3v) is 2.40. The molecule has 16 heavy (non-hydrogen) atoms. The van der Waals surface area contributed by atoms with Gasteiger partial charge in [-0.15, -0.1) is 0 Å². The largest absolute Gasteiger partial charge is 0.481 e. The summed E-state index contributed by atoms with van der Waals surface area (Å²) in [6, 6.07) is 9.57. The summed E-state index contributed by atoms with van der Waals surface area (Å²) in [5, 5.41) is 18.3. The minimum atomic E-state index is -0.868. The van der Waals surface area contributed by atoms with E-state index >= 15 is 0 Å². The van der Waals surface area contributed by atoms with Crippen LogP contribution in [0.2, 0.25) is 0 Å². The molecule has 0 fully saturated rings. The standard InChI is InChI=1S/C13H16O3/c1-10(7-8-13(15)16)12(14)9-11-5-3-2-4-6-11/h2-6,12,14H,1,7-9H2,(H,15,16). The summed E-state index contributed by atoms with van der Waals surface area (Å²) in [6.45, 7) is 3.71. The van der Waals surface area contributed by atoms with Crippen molar-refractivity contribution in [3.05, 3.63) is 48.0 Å². The van der Waals surface area contributed by atoms with Crippen LogP contribution in [0.1, 0.15) is 18.4 Å². The van der Waals surface area contributed by atoms with Gasteiger partial charge in [-0.1, -0.05) is 36.9 Å². The first-order valence-corrected chi connectivity index (χ1v) is 5.21. The Bertz CT molecular complexity index is 357. The minimum absolute atomic E-state index is 0.0185. The van der Waals surface area contributed by atoms with Crippen molar-refractivity contribution in [2.24, 2.45) is 0 Å². The number of benzene rings is 1. The third kappa shape index (κ3) is 4.28. The van der Waals surface area contributed by atoms with Gasteiger partial charge in [0.05, 0.1) is 6.10 Å². The van der Waals surface area contributed by atoms with E-state index in [0.717, 1.165) is 5.56 Å². The number of aliphatic hydroxyl groups excluding tert-OH is 1. The van der Waals surface area contributed by atoms with Crippen molar-refractivity contribution in [3.63, 3.8) is 0 Å². The molecule has 0 saturated heterocycles. The van der Waals surface area contributed by atoms with Crippen molar-refractivity contribution in [2.75, 3.05) is 0 Å². The highest BCUT2D eigenvalue weighted by atomic mass is 16.4. The summed E-state index contributed by atoms with van der Waals surface area (Å²) in [5.74, 6) is -0.868. The third-order valence-electron chi connectivity index (χ3n) is 2.40. The second-order valence-corrected chi connectivity index (χ2v) is 3.76. The molecule has 0 spiro atoms. The zero-order valence-corrected chi connectivity index (χ0v) is 9.10. The predicted octanol–water partition coefficient (Wildman–Crippen LogP) is 2.01. The van der Waals surface area contributed by atoms with Crippen LogP contribution in [0.4, 0.5) is 0 Å².